The largest absolute Gasteiger partial charge is 0.507 e. The van der Waals surface area contributed by atoms with Gasteiger partial charge in [0.1, 0.15) is 5.76 Å². The fraction of sp³-hybridized carbons (Fsp3) is 0.250. The molecular formula is C12H13BrO2. The van der Waals surface area contributed by atoms with Crippen molar-refractivity contribution in [1.29, 1.82) is 0 Å². The molecular weight excluding hydrogens is 256 g/mol. The second kappa shape index (κ2) is 6.40. The summed E-state index contributed by atoms with van der Waals surface area (Å²) in [6.45, 7) is 0. The number of rotatable bonds is 5. The highest BCUT2D eigenvalue weighted by Crippen LogP contribution is 2.11. The number of aliphatic hydroxyl groups excluding tert-OH is 1. The Kier molecular flexibility index (Phi) is 5.12. The molecule has 0 heterocycles. The fourth-order valence-electron chi connectivity index (χ4n) is 1.16. The third-order valence-electron chi connectivity index (χ3n) is 1.92. The molecule has 0 fully saturated rings. The first-order valence-corrected chi connectivity index (χ1v) is 5.91. The average molecular weight is 269 g/mol. The van der Waals surface area contributed by atoms with Gasteiger partial charge in [-0.25, -0.2) is 0 Å². The van der Waals surface area contributed by atoms with Crippen LogP contribution in [0.1, 0.15) is 18.4 Å². The molecule has 1 aromatic carbocycles. The van der Waals surface area contributed by atoms with Gasteiger partial charge in [0.15, 0.2) is 5.78 Å². The summed E-state index contributed by atoms with van der Waals surface area (Å²) in [6.07, 6.45) is 2.54. The lowest BCUT2D eigenvalue weighted by Crippen LogP contribution is -1.95. The normalized spacial score (nSPS) is 11.4. The van der Waals surface area contributed by atoms with E-state index in [0.29, 0.717) is 12.0 Å². The molecule has 0 atom stereocenters. The van der Waals surface area contributed by atoms with E-state index in [-0.39, 0.29) is 11.5 Å². The van der Waals surface area contributed by atoms with Gasteiger partial charge in [0.2, 0.25) is 0 Å². The van der Waals surface area contributed by atoms with Crippen LogP contribution in [0.5, 0.6) is 0 Å². The number of allylic oxidation sites excluding steroid dienone is 1. The van der Waals surface area contributed by atoms with Crippen molar-refractivity contribution in [3.63, 3.8) is 0 Å². The van der Waals surface area contributed by atoms with Crippen LogP contribution in [0.4, 0.5) is 0 Å². The molecule has 0 aliphatic carbocycles. The summed E-state index contributed by atoms with van der Waals surface area (Å²) in [4.78, 5) is 11.3. The van der Waals surface area contributed by atoms with Crippen LogP contribution in [-0.2, 0) is 4.79 Å². The fourth-order valence-corrected chi connectivity index (χ4v) is 1.44. The summed E-state index contributed by atoms with van der Waals surface area (Å²) >= 11 is 3.25. The van der Waals surface area contributed by atoms with Crippen molar-refractivity contribution in [2.24, 2.45) is 0 Å². The zero-order valence-electron chi connectivity index (χ0n) is 8.32. The maximum Gasteiger partial charge on any atom is 0.159 e. The highest BCUT2D eigenvalue weighted by molar-refractivity contribution is 9.09. The second-order valence-corrected chi connectivity index (χ2v) is 3.95. The van der Waals surface area contributed by atoms with Crippen LogP contribution in [0.25, 0.3) is 5.76 Å². The number of hydrogen-bond donors (Lipinski definition) is 1. The van der Waals surface area contributed by atoms with Gasteiger partial charge in [0.25, 0.3) is 0 Å². The molecule has 0 unspecified atom stereocenters. The Balaban J connectivity index is 2.64. The summed E-state index contributed by atoms with van der Waals surface area (Å²) < 4.78 is 0. The van der Waals surface area contributed by atoms with Crippen LogP contribution < -0.4 is 0 Å². The molecule has 1 N–H and O–H groups in total. The summed E-state index contributed by atoms with van der Waals surface area (Å²) in [5.74, 6) is -0.00836. The van der Waals surface area contributed by atoms with Crippen LogP contribution in [0, 0.1) is 0 Å². The smallest absolute Gasteiger partial charge is 0.159 e. The monoisotopic (exact) mass is 268 g/mol. The van der Waals surface area contributed by atoms with E-state index in [0.717, 1.165) is 11.8 Å². The third kappa shape index (κ3) is 4.30. The van der Waals surface area contributed by atoms with Gasteiger partial charge < -0.3 is 5.11 Å². The van der Waals surface area contributed by atoms with Crippen molar-refractivity contribution < 1.29 is 9.90 Å². The van der Waals surface area contributed by atoms with Crippen molar-refractivity contribution >= 4 is 27.5 Å². The molecule has 0 aliphatic rings. The highest BCUT2D eigenvalue weighted by Gasteiger charge is 2.02. The number of carbonyl (C=O) groups excluding carboxylic acids is 1. The summed E-state index contributed by atoms with van der Waals surface area (Å²) in [6, 6.07) is 9.04. The van der Waals surface area contributed by atoms with E-state index in [2.05, 4.69) is 15.9 Å². The molecule has 2 nitrogen and oxygen atoms in total. The topological polar surface area (TPSA) is 37.3 Å². The first kappa shape index (κ1) is 12.0. The maximum absolute atomic E-state index is 11.3. The van der Waals surface area contributed by atoms with E-state index in [4.69, 9.17) is 0 Å². The van der Waals surface area contributed by atoms with Gasteiger partial charge in [-0.2, -0.15) is 0 Å². The number of benzene rings is 1. The van der Waals surface area contributed by atoms with E-state index >= 15 is 0 Å². The van der Waals surface area contributed by atoms with Gasteiger partial charge in [-0.1, -0.05) is 46.3 Å². The first-order valence-electron chi connectivity index (χ1n) is 4.79. The van der Waals surface area contributed by atoms with Crippen LogP contribution >= 0.6 is 15.9 Å². The Morgan fingerprint density at radius 1 is 1.33 bits per heavy atom. The van der Waals surface area contributed by atoms with Gasteiger partial charge in [-0.3, -0.25) is 4.79 Å². The molecule has 1 rings (SSSR count). The quantitative estimate of drug-likeness (QED) is 0.505. The average Bonchev–Trinajstić information content (AvgIpc) is 2.27. The molecule has 0 radical (unpaired) electrons. The standard InChI is InChI=1S/C12H13BrO2/c13-8-4-7-11(14)9-12(15)10-5-2-1-3-6-10/h1-3,5-6,9,15H,4,7-8H2/b12-9-. The highest BCUT2D eigenvalue weighted by atomic mass is 79.9. The molecule has 0 aromatic heterocycles. The van der Waals surface area contributed by atoms with Crippen molar-refractivity contribution in [2.45, 2.75) is 12.8 Å². The number of hydrogen-bond acceptors (Lipinski definition) is 2. The third-order valence-corrected chi connectivity index (χ3v) is 2.48. The molecule has 0 spiro atoms. The summed E-state index contributed by atoms with van der Waals surface area (Å²) in [5.41, 5.74) is 0.671. The lowest BCUT2D eigenvalue weighted by Gasteiger charge is -1.99. The van der Waals surface area contributed by atoms with E-state index in [1.807, 2.05) is 18.2 Å². The van der Waals surface area contributed by atoms with Crippen LogP contribution in [0.2, 0.25) is 0 Å². The maximum atomic E-state index is 11.3. The first-order chi connectivity index (χ1) is 7.24. The number of alkyl halides is 1. The minimum atomic E-state index is -0.0456. The molecule has 15 heavy (non-hydrogen) atoms. The number of carbonyl (C=O) groups is 1. The Bertz CT molecular complexity index is 344. The minimum absolute atomic E-state index is 0.0372. The minimum Gasteiger partial charge on any atom is -0.507 e. The van der Waals surface area contributed by atoms with Gasteiger partial charge in [-0.05, 0) is 6.42 Å². The molecule has 0 amide bonds. The zero-order valence-corrected chi connectivity index (χ0v) is 9.90. The molecule has 80 valence electrons. The zero-order chi connectivity index (χ0) is 11.1. The molecule has 0 saturated carbocycles. The van der Waals surface area contributed by atoms with E-state index in [9.17, 15) is 9.90 Å². The lowest BCUT2D eigenvalue weighted by atomic mass is 10.1. The predicted octanol–water partition coefficient (Wildman–Crippen LogP) is 3.33. The van der Waals surface area contributed by atoms with Crippen molar-refractivity contribution in [1.82, 2.24) is 0 Å². The van der Waals surface area contributed by atoms with E-state index < -0.39 is 0 Å². The van der Waals surface area contributed by atoms with Crippen molar-refractivity contribution in [3.05, 3.63) is 42.0 Å². The Hall–Kier alpha value is -1.09. The molecule has 1 aromatic rings. The van der Waals surface area contributed by atoms with Gasteiger partial charge in [0, 0.05) is 23.4 Å². The van der Waals surface area contributed by atoms with E-state index in [1.54, 1.807) is 12.1 Å². The predicted molar refractivity (Wildman–Crippen MR) is 65.1 cm³/mol. The number of ketones is 1. The Morgan fingerprint density at radius 2 is 2.00 bits per heavy atom. The van der Waals surface area contributed by atoms with Crippen LogP contribution in [-0.4, -0.2) is 16.2 Å². The van der Waals surface area contributed by atoms with Gasteiger partial charge >= 0.3 is 0 Å². The summed E-state index contributed by atoms with van der Waals surface area (Å²) in [7, 11) is 0. The number of aliphatic hydroxyl groups is 1. The van der Waals surface area contributed by atoms with Crippen LogP contribution in [0.15, 0.2) is 36.4 Å². The van der Waals surface area contributed by atoms with Gasteiger partial charge in [-0.15, -0.1) is 0 Å². The Labute approximate surface area is 97.8 Å². The van der Waals surface area contributed by atoms with Crippen LogP contribution in [0.3, 0.4) is 0 Å². The number of halogens is 1. The summed E-state index contributed by atoms with van der Waals surface area (Å²) in [5, 5.41) is 10.4. The van der Waals surface area contributed by atoms with Gasteiger partial charge in [0.05, 0.1) is 0 Å². The SMILES string of the molecule is O=C(/C=C(\O)c1ccccc1)CCCBr. The van der Waals surface area contributed by atoms with Crippen molar-refractivity contribution in [3.8, 4) is 0 Å². The van der Waals surface area contributed by atoms with Crippen molar-refractivity contribution in [2.75, 3.05) is 5.33 Å². The Morgan fingerprint density at radius 3 is 2.60 bits per heavy atom. The molecule has 0 saturated heterocycles. The molecule has 0 bridgehead atoms. The van der Waals surface area contributed by atoms with E-state index in [1.165, 1.54) is 6.08 Å². The molecule has 0 aliphatic heterocycles. The lowest BCUT2D eigenvalue weighted by molar-refractivity contribution is -0.114. The molecule has 3 heteroatoms. The second-order valence-electron chi connectivity index (χ2n) is 3.15.